The van der Waals surface area contributed by atoms with Crippen molar-refractivity contribution in [1.82, 2.24) is 14.8 Å². The summed E-state index contributed by atoms with van der Waals surface area (Å²) in [5.41, 5.74) is 1.38. The molecule has 3 heterocycles. The Bertz CT molecular complexity index is 923. The van der Waals surface area contributed by atoms with Crippen molar-refractivity contribution in [2.45, 2.75) is 45.7 Å². The fraction of sp³-hybridized carbons (Fsp3) is 0.450. The number of nitrogens with zero attached hydrogens (tertiary/aromatic N) is 2. The molecule has 1 aliphatic heterocycles. The molecule has 2 aromatic rings. The average molecular weight is 369 g/mol. The molecule has 27 heavy (non-hydrogen) atoms. The van der Waals surface area contributed by atoms with Crippen LogP contribution in [0.25, 0.3) is 0 Å². The molecule has 3 amide bonds. The lowest BCUT2D eigenvalue weighted by atomic mass is 9.96. The maximum Gasteiger partial charge on any atom is 0.325 e. The zero-order valence-electron chi connectivity index (χ0n) is 15.7. The van der Waals surface area contributed by atoms with Crippen LogP contribution < -0.4 is 5.32 Å². The number of rotatable bonds is 6. The van der Waals surface area contributed by atoms with Gasteiger partial charge in [0.2, 0.25) is 0 Å². The molecule has 1 atom stereocenters. The van der Waals surface area contributed by atoms with Crippen LogP contribution in [0.3, 0.4) is 0 Å². The smallest absolute Gasteiger partial charge is 0.325 e. The molecule has 1 saturated heterocycles. The number of furan rings is 1. The van der Waals surface area contributed by atoms with Crippen LogP contribution in [0.4, 0.5) is 4.79 Å². The lowest BCUT2D eigenvalue weighted by Gasteiger charge is -2.20. The average Bonchev–Trinajstić information content (AvgIpc) is 3.24. The van der Waals surface area contributed by atoms with E-state index in [1.165, 1.54) is 0 Å². The summed E-state index contributed by atoms with van der Waals surface area (Å²) < 4.78 is 7.38. The number of Topliss-reactive ketones (excluding diaryl/α,β-unsaturated/α-hetero) is 1. The molecule has 2 aliphatic rings. The van der Waals surface area contributed by atoms with Crippen molar-refractivity contribution >= 4 is 17.7 Å². The number of carbonyl (C=O) groups is 3. The summed E-state index contributed by atoms with van der Waals surface area (Å²) >= 11 is 0. The highest BCUT2D eigenvalue weighted by atomic mass is 16.3. The summed E-state index contributed by atoms with van der Waals surface area (Å²) in [6.45, 7) is 5.83. The van der Waals surface area contributed by atoms with Gasteiger partial charge in [0.1, 0.15) is 11.3 Å². The number of hydrogen-bond donors (Lipinski definition) is 1. The third-order valence-electron chi connectivity index (χ3n) is 5.76. The molecular formula is C20H23N3O4. The number of urea groups is 1. The molecule has 0 unspecified atom stereocenters. The normalized spacial score (nSPS) is 22.4. The number of aryl methyl sites for hydroxylation is 1. The number of imide groups is 1. The summed E-state index contributed by atoms with van der Waals surface area (Å²) in [4.78, 5) is 38.9. The lowest BCUT2D eigenvalue weighted by Crippen LogP contribution is -2.46. The van der Waals surface area contributed by atoms with Gasteiger partial charge in [0.15, 0.2) is 5.78 Å². The van der Waals surface area contributed by atoms with E-state index >= 15 is 0 Å². The summed E-state index contributed by atoms with van der Waals surface area (Å²) in [6.07, 6.45) is 3.47. The van der Waals surface area contributed by atoms with Crippen molar-refractivity contribution in [3.05, 3.63) is 47.2 Å². The van der Waals surface area contributed by atoms with Crippen LogP contribution in [0, 0.1) is 19.8 Å². The summed E-state index contributed by atoms with van der Waals surface area (Å²) in [5.74, 6) is 0.433. The van der Waals surface area contributed by atoms with E-state index in [1.54, 1.807) is 19.3 Å². The maximum atomic E-state index is 12.9. The first-order valence-corrected chi connectivity index (χ1v) is 9.17. The van der Waals surface area contributed by atoms with Crippen molar-refractivity contribution in [1.29, 1.82) is 0 Å². The fourth-order valence-electron chi connectivity index (χ4n) is 3.91. The molecular weight excluding hydrogens is 346 g/mol. The molecule has 7 heteroatoms. The number of ketones is 1. The molecule has 1 N–H and O–H groups in total. The van der Waals surface area contributed by atoms with Crippen LogP contribution in [0.2, 0.25) is 0 Å². The van der Waals surface area contributed by atoms with Gasteiger partial charge in [-0.05, 0) is 57.7 Å². The minimum Gasteiger partial charge on any atom is -0.467 e. The second-order valence-electron chi connectivity index (χ2n) is 7.67. The second kappa shape index (κ2) is 6.11. The maximum absolute atomic E-state index is 12.9. The van der Waals surface area contributed by atoms with E-state index in [1.807, 2.05) is 30.5 Å². The Balaban J connectivity index is 1.53. The second-order valence-corrected chi connectivity index (χ2v) is 7.67. The summed E-state index contributed by atoms with van der Waals surface area (Å²) in [7, 11) is 0. The zero-order chi connectivity index (χ0) is 19.3. The van der Waals surface area contributed by atoms with Gasteiger partial charge in [0.25, 0.3) is 5.91 Å². The highest BCUT2D eigenvalue weighted by Crippen LogP contribution is 2.42. The molecule has 7 nitrogen and oxygen atoms in total. The van der Waals surface area contributed by atoms with Gasteiger partial charge in [-0.3, -0.25) is 14.5 Å². The summed E-state index contributed by atoms with van der Waals surface area (Å²) in [6, 6.07) is 5.03. The third-order valence-corrected chi connectivity index (χ3v) is 5.76. The number of aromatic nitrogens is 1. The van der Waals surface area contributed by atoms with Crippen LogP contribution in [-0.4, -0.2) is 39.3 Å². The number of nitrogens with one attached hydrogen (secondary N) is 1. The van der Waals surface area contributed by atoms with Gasteiger partial charge in [-0.15, -0.1) is 0 Å². The quantitative estimate of drug-likeness (QED) is 0.627. The predicted octanol–water partition coefficient (Wildman–Crippen LogP) is 2.65. The van der Waals surface area contributed by atoms with E-state index in [9.17, 15) is 14.4 Å². The van der Waals surface area contributed by atoms with Gasteiger partial charge in [0.05, 0.1) is 19.4 Å². The number of carbonyl (C=O) groups excluding carboxylic acids is 3. The first-order chi connectivity index (χ1) is 12.8. The SMILES string of the molecule is Cc1cc(C(=O)CN2C(=O)N[C@@](C)(C3CC3)C2=O)c(C)n1Cc1ccco1. The molecule has 0 radical (unpaired) electrons. The number of hydrogen-bond acceptors (Lipinski definition) is 4. The van der Waals surface area contributed by atoms with Crippen molar-refractivity contribution in [2.24, 2.45) is 5.92 Å². The largest absolute Gasteiger partial charge is 0.467 e. The van der Waals surface area contributed by atoms with Gasteiger partial charge in [0, 0.05) is 17.0 Å². The number of amides is 3. The van der Waals surface area contributed by atoms with Crippen LogP contribution in [-0.2, 0) is 11.3 Å². The fourth-order valence-corrected chi connectivity index (χ4v) is 3.91. The van der Waals surface area contributed by atoms with Crippen molar-refractivity contribution in [3.63, 3.8) is 0 Å². The van der Waals surface area contributed by atoms with Gasteiger partial charge in [-0.25, -0.2) is 4.79 Å². The topological polar surface area (TPSA) is 84.5 Å². The van der Waals surface area contributed by atoms with Crippen LogP contribution in [0.5, 0.6) is 0 Å². The summed E-state index contributed by atoms with van der Waals surface area (Å²) in [5, 5.41) is 2.78. The van der Waals surface area contributed by atoms with E-state index in [0.29, 0.717) is 12.1 Å². The third kappa shape index (κ3) is 2.87. The Labute approximate surface area is 157 Å². The Kier molecular flexibility index (Phi) is 3.98. The van der Waals surface area contributed by atoms with Crippen molar-refractivity contribution in [2.75, 3.05) is 6.54 Å². The predicted molar refractivity (Wildman–Crippen MR) is 97.4 cm³/mol. The molecule has 0 aromatic carbocycles. The van der Waals surface area contributed by atoms with Gasteiger partial charge in [-0.1, -0.05) is 0 Å². The minimum atomic E-state index is -0.868. The molecule has 1 saturated carbocycles. The molecule has 1 aliphatic carbocycles. The Morgan fingerprint density at radius 3 is 2.70 bits per heavy atom. The Hall–Kier alpha value is -2.83. The zero-order valence-corrected chi connectivity index (χ0v) is 15.7. The van der Waals surface area contributed by atoms with Crippen LogP contribution in [0.15, 0.2) is 28.9 Å². The lowest BCUT2D eigenvalue weighted by molar-refractivity contribution is -0.131. The highest BCUT2D eigenvalue weighted by Gasteiger charge is 2.56. The monoisotopic (exact) mass is 369 g/mol. The molecule has 142 valence electrons. The first-order valence-electron chi connectivity index (χ1n) is 9.17. The molecule has 4 rings (SSSR count). The van der Waals surface area contributed by atoms with Gasteiger partial charge in [-0.2, -0.15) is 0 Å². The van der Waals surface area contributed by atoms with Gasteiger partial charge >= 0.3 is 6.03 Å². The van der Waals surface area contributed by atoms with Gasteiger partial charge < -0.3 is 14.3 Å². The first kappa shape index (κ1) is 17.6. The van der Waals surface area contributed by atoms with E-state index in [-0.39, 0.29) is 24.2 Å². The highest BCUT2D eigenvalue weighted by molar-refractivity contribution is 6.11. The van der Waals surface area contributed by atoms with E-state index in [4.69, 9.17) is 4.42 Å². The molecule has 0 spiro atoms. The Morgan fingerprint density at radius 2 is 2.07 bits per heavy atom. The molecule has 0 bridgehead atoms. The van der Waals surface area contributed by atoms with Crippen molar-refractivity contribution in [3.8, 4) is 0 Å². The Morgan fingerprint density at radius 1 is 1.33 bits per heavy atom. The van der Waals surface area contributed by atoms with Crippen LogP contribution in [0.1, 0.15) is 47.3 Å². The molecule has 2 aromatic heterocycles. The molecule has 2 fully saturated rings. The van der Waals surface area contributed by atoms with E-state index < -0.39 is 11.6 Å². The van der Waals surface area contributed by atoms with Crippen molar-refractivity contribution < 1.29 is 18.8 Å². The van der Waals surface area contributed by atoms with E-state index in [2.05, 4.69) is 5.32 Å². The standard InChI is InChI=1S/C20H23N3O4/c1-12-9-16(13(2)22(12)10-15-5-4-8-27-15)17(24)11-23-18(25)20(3,14-6-7-14)21-19(23)26/h4-5,8-9,14H,6-7,10-11H2,1-3H3,(H,21,26)/t20-/m0/s1. The van der Waals surface area contributed by atoms with Crippen LogP contribution >= 0.6 is 0 Å². The van der Waals surface area contributed by atoms with E-state index in [0.717, 1.165) is 34.9 Å². The minimum absolute atomic E-state index is 0.174.